The number of benzene rings is 2. The smallest absolute Gasteiger partial charge is 0.252 e. The van der Waals surface area contributed by atoms with Crippen LogP contribution in [0.3, 0.4) is 0 Å². The first-order chi connectivity index (χ1) is 17.7. The minimum atomic E-state index is -3.87. The molecule has 1 fully saturated rings. The van der Waals surface area contributed by atoms with E-state index in [-0.39, 0.29) is 33.0 Å². The molecule has 0 unspecified atom stereocenters. The van der Waals surface area contributed by atoms with E-state index < -0.39 is 16.1 Å². The van der Waals surface area contributed by atoms with E-state index in [0.717, 1.165) is 22.5 Å². The largest absolute Gasteiger partial charge is 0.355 e. The molecular weight excluding hydrogens is 510 g/mol. The second kappa shape index (κ2) is 12.0. The predicted molar refractivity (Wildman–Crippen MR) is 144 cm³/mol. The Balaban J connectivity index is 1.39. The van der Waals surface area contributed by atoms with Gasteiger partial charge in [-0.25, -0.2) is 18.1 Å². The maximum Gasteiger partial charge on any atom is 0.252 e. The van der Waals surface area contributed by atoms with Gasteiger partial charge in [0.05, 0.1) is 11.6 Å². The summed E-state index contributed by atoms with van der Waals surface area (Å²) in [4.78, 5) is 28.6. The van der Waals surface area contributed by atoms with Crippen LogP contribution in [0.5, 0.6) is 0 Å². The third kappa shape index (κ3) is 7.01. The second-order valence-electron chi connectivity index (χ2n) is 9.10. The molecule has 2 aromatic carbocycles. The molecule has 1 aliphatic rings. The molecule has 196 valence electrons. The topological polar surface area (TPSA) is 129 Å². The van der Waals surface area contributed by atoms with E-state index in [9.17, 15) is 18.0 Å². The van der Waals surface area contributed by atoms with Gasteiger partial charge in [0.2, 0.25) is 11.8 Å². The zero-order chi connectivity index (χ0) is 26.4. The number of aryl methyl sites for hydroxylation is 1. The van der Waals surface area contributed by atoms with Gasteiger partial charge in [0, 0.05) is 38.5 Å². The van der Waals surface area contributed by atoms with Crippen molar-refractivity contribution in [3.63, 3.8) is 0 Å². The zero-order valence-corrected chi connectivity index (χ0v) is 22.4. The van der Waals surface area contributed by atoms with Gasteiger partial charge in [0.25, 0.3) is 10.0 Å². The molecule has 0 aliphatic carbocycles. The van der Waals surface area contributed by atoms with E-state index in [1.165, 1.54) is 6.92 Å². The maximum absolute atomic E-state index is 13.1. The number of hydrogen-bond acceptors (Lipinski definition) is 7. The van der Waals surface area contributed by atoms with Crippen LogP contribution in [0, 0.1) is 12.8 Å². The molecule has 4 N–H and O–H groups in total. The summed E-state index contributed by atoms with van der Waals surface area (Å²) in [5.74, 6) is -0.816. The summed E-state index contributed by atoms with van der Waals surface area (Å²) in [6, 6.07) is 19.6. The van der Waals surface area contributed by atoms with Crippen molar-refractivity contribution in [2.24, 2.45) is 5.92 Å². The fourth-order valence-corrected chi connectivity index (χ4v) is 7.21. The van der Waals surface area contributed by atoms with Crippen molar-refractivity contribution in [1.82, 2.24) is 20.3 Å². The minimum Gasteiger partial charge on any atom is -0.355 e. The second-order valence-corrected chi connectivity index (χ2v) is 12.0. The lowest BCUT2D eigenvalue weighted by Crippen LogP contribution is -2.52. The fraction of sp³-hybridized carbons (Fsp3) is 0.346. The molecule has 11 heteroatoms. The fourth-order valence-electron chi connectivity index (χ4n) is 4.49. The number of rotatable bonds is 9. The number of nitrogens with one attached hydrogen (secondary N) is 4. The zero-order valence-electron chi connectivity index (χ0n) is 20.7. The van der Waals surface area contributed by atoms with Crippen LogP contribution >= 0.6 is 11.3 Å². The summed E-state index contributed by atoms with van der Waals surface area (Å²) in [6.07, 6.45) is 0.371. The first-order valence-electron chi connectivity index (χ1n) is 12.1. The number of sulfonamides is 1. The first kappa shape index (κ1) is 26.9. The lowest BCUT2D eigenvalue weighted by atomic mass is 9.90. The van der Waals surface area contributed by atoms with Crippen molar-refractivity contribution in [3.05, 3.63) is 77.5 Å². The third-order valence-corrected chi connectivity index (χ3v) is 9.41. The minimum absolute atomic E-state index is 0.00399. The van der Waals surface area contributed by atoms with Crippen molar-refractivity contribution in [2.75, 3.05) is 25.0 Å². The van der Waals surface area contributed by atoms with E-state index in [0.29, 0.717) is 31.7 Å². The molecule has 2 heterocycles. The van der Waals surface area contributed by atoms with Crippen molar-refractivity contribution >= 4 is 38.3 Å². The van der Waals surface area contributed by atoms with Gasteiger partial charge in [-0.15, -0.1) is 0 Å². The molecule has 1 aliphatic heterocycles. The van der Waals surface area contributed by atoms with Crippen LogP contribution in [0.15, 0.2) is 64.9 Å². The number of aromatic nitrogens is 1. The molecule has 2 amide bonds. The van der Waals surface area contributed by atoms with Crippen LogP contribution in [0.25, 0.3) is 0 Å². The highest BCUT2D eigenvalue weighted by atomic mass is 32.2. The van der Waals surface area contributed by atoms with E-state index >= 15 is 0 Å². The average molecular weight is 542 g/mol. The van der Waals surface area contributed by atoms with Crippen molar-refractivity contribution in [2.45, 2.75) is 36.4 Å². The van der Waals surface area contributed by atoms with Gasteiger partial charge in [0.1, 0.15) is 0 Å². The van der Waals surface area contributed by atoms with Gasteiger partial charge in [-0.2, -0.15) is 0 Å². The molecule has 0 bridgehead atoms. The highest BCUT2D eigenvalue weighted by Crippen LogP contribution is 2.28. The summed E-state index contributed by atoms with van der Waals surface area (Å²) >= 11 is 0.904. The Morgan fingerprint density at radius 3 is 2.27 bits per heavy atom. The quantitative estimate of drug-likeness (QED) is 0.330. The number of anilines is 1. The summed E-state index contributed by atoms with van der Waals surface area (Å²) in [6.45, 7) is 4.24. The SMILES string of the molecule is CC(=O)Nc1nc(C)c(S(=O)(=O)N[C@H]2CNC[C@@H](C(=O)NCC(c3ccccc3)c3ccccc3)C2)s1. The summed E-state index contributed by atoms with van der Waals surface area (Å²) in [5, 5.41) is 9.02. The molecule has 37 heavy (non-hydrogen) atoms. The van der Waals surface area contributed by atoms with Gasteiger partial charge in [-0.05, 0) is 24.5 Å². The maximum atomic E-state index is 13.1. The molecule has 0 saturated carbocycles. The number of carbonyl (C=O) groups is 2. The number of nitrogens with zero attached hydrogens (tertiary/aromatic N) is 1. The van der Waals surface area contributed by atoms with Crippen LogP contribution in [0.2, 0.25) is 0 Å². The molecular formula is C26H31N5O4S2. The molecule has 3 aromatic rings. The number of piperidine rings is 1. The molecule has 9 nitrogen and oxygen atoms in total. The van der Waals surface area contributed by atoms with Gasteiger partial charge in [-0.1, -0.05) is 72.0 Å². The number of hydrogen-bond donors (Lipinski definition) is 4. The standard InChI is InChI=1S/C26H31N5O4S2/c1-17-25(36-26(29-17)30-18(2)32)37(34,35)31-22-13-21(14-27-15-22)24(33)28-16-23(19-9-5-3-6-10-19)20-11-7-4-8-12-20/h3-12,21-23,27,31H,13-16H2,1-2H3,(H,28,33)(H,29,30,32)/t21-,22+/m0/s1. The van der Waals surface area contributed by atoms with Crippen molar-refractivity contribution in [3.8, 4) is 0 Å². The summed E-state index contributed by atoms with van der Waals surface area (Å²) in [7, 11) is -3.87. The van der Waals surface area contributed by atoms with E-state index in [4.69, 9.17) is 0 Å². The number of carbonyl (C=O) groups excluding carboxylic acids is 2. The first-order valence-corrected chi connectivity index (χ1v) is 14.4. The van der Waals surface area contributed by atoms with E-state index in [1.807, 2.05) is 36.4 Å². The lowest BCUT2D eigenvalue weighted by Gasteiger charge is -2.30. The van der Waals surface area contributed by atoms with Crippen LogP contribution in [0.1, 0.15) is 36.1 Å². The van der Waals surface area contributed by atoms with Crippen LogP contribution in [-0.4, -0.2) is 50.9 Å². The molecule has 2 atom stereocenters. The van der Waals surface area contributed by atoms with Gasteiger partial charge in [-0.3, -0.25) is 9.59 Å². The van der Waals surface area contributed by atoms with E-state index in [1.54, 1.807) is 6.92 Å². The molecule has 0 radical (unpaired) electrons. The van der Waals surface area contributed by atoms with Gasteiger partial charge in [0.15, 0.2) is 9.34 Å². The normalized spacial score (nSPS) is 17.9. The summed E-state index contributed by atoms with van der Waals surface area (Å²) < 4.78 is 28.8. The Morgan fingerprint density at radius 1 is 1.05 bits per heavy atom. The van der Waals surface area contributed by atoms with Crippen LogP contribution < -0.4 is 20.7 Å². The molecule has 1 saturated heterocycles. The highest BCUT2D eigenvalue weighted by molar-refractivity contribution is 7.91. The van der Waals surface area contributed by atoms with E-state index in [2.05, 4.69) is 49.9 Å². The Hall–Kier alpha value is -3.12. The Morgan fingerprint density at radius 2 is 1.68 bits per heavy atom. The molecule has 4 rings (SSSR count). The van der Waals surface area contributed by atoms with Gasteiger partial charge >= 0.3 is 0 Å². The summed E-state index contributed by atoms with van der Waals surface area (Å²) in [5.41, 5.74) is 2.53. The third-order valence-electron chi connectivity index (χ3n) is 6.21. The highest BCUT2D eigenvalue weighted by Gasteiger charge is 2.32. The number of amides is 2. The number of thiazole rings is 1. The average Bonchev–Trinajstić information content (AvgIpc) is 3.25. The lowest BCUT2D eigenvalue weighted by molar-refractivity contribution is -0.125. The van der Waals surface area contributed by atoms with Crippen molar-refractivity contribution < 1.29 is 18.0 Å². The Labute approximate surface area is 221 Å². The Kier molecular flexibility index (Phi) is 8.70. The molecule has 1 aromatic heterocycles. The van der Waals surface area contributed by atoms with Gasteiger partial charge < -0.3 is 16.0 Å². The Bertz CT molecular complexity index is 1290. The van der Waals surface area contributed by atoms with Crippen LogP contribution in [0.4, 0.5) is 5.13 Å². The molecule has 0 spiro atoms. The predicted octanol–water partition coefficient (Wildman–Crippen LogP) is 2.61. The monoisotopic (exact) mass is 541 g/mol. The van der Waals surface area contributed by atoms with Crippen molar-refractivity contribution in [1.29, 1.82) is 0 Å². The van der Waals surface area contributed by atoms with Crippen LogP contribution in [-0.2, 0) is 19.6 Å².